The molecular weight excluding hydrogens is 340 g/mol. The normalized spacial score (nSPS) is 14.6. The summed E-state index contributed by atoms with van der Waals surface area (Å²) in [5.74, 6) is 1.56. The molecule has 5 heteroatoms. The van der Waals surface area contributed by atoms with Gasteiger partial charge in [0.05, 0.1) is 18.2 Å². The first-order valence-corrected chi connectivity index (χ1v) is 9.16. The lowest BCUT2D eigenvalue weighted by molar-refractivity contribution is -0.123. The summed E-state index contributed by atoms with van der Waals surface area (Å²) in [6.07, 6.45) is 2.32. The molecule has 0 atom stereocenters. The lowest BCUT2D eigenvalue weighted by atomic mass is 10.00. The molecular formula is C22H22N2O3. The van der Waals surface area contributed by atoms with Crippen LogP contribution in [-0.2, 0) is 16.6 Å². The van der Waals surface area contributed by atoms with Gasteiger partial charge in [-0.2, -0.15) is 0 Å². The number of amides is 1. The molecule has 3 aromatic rings. The summed E-state index contributed by atoms with van der Waals surface area (Å²) in [5.41, 5.74) is 2.22. The number of carbonyl (C=O) groups excluding carboxylic acids is 1. The summed E-state index contributed by atoms with van der Waals surface area (Å²) in [6, 6.07) is 19.6. The van der Waals surface area contributed by atoms with Crippen LogP contribution in [0.1, 0.15) is 24.1 Å². The van der Waals surface area contributed by atoms with Crippen LogP contribution in [0.15, 0.2) is 65.2 Å². The van der Waals surface area contributed by atoms with Gasteiger partial charge in [-0.1, -0.05) is 53.7 Å². The van der Waals surface area contributed by atoms with Gasteiger partial charge in [-0.15, -0.1) is 0 Å². The van der Waals surface area contributed by atoms with Gasteiger partial charge in [0.2, 0.25) is 5.91 Å². The van der Waals surface area contributed by atoms with Crippen LogP contribution in [0.3, 0.4) is 0 Å². The highest BCUT2D eigenvalue weighted by atomic mass is 16.5. The maximum absolute atomic E-state index is 12.8. The summed E-state index contributed by atoms with van der Waals surface area (Å²) in [5, 5.41) is 7.24. The average molecular weight is 362 g/mol. The van der Waals surface area contributed by atoms with Gasteiger partial charge in [0.25, 0.3) is 0 Å². The predicted molar refractivity (Wildman–Crippen MR) is 103 cm³/mol. The second-order valence-electron chi connectivity index (χ2n) is 6.84. The first kappa shape index (κ1) is 17.3. The number of aromatic nitrogens is 1. The van der Waals surface area contributed by atoms with Crippen molar-refractivity contribution >= 4 is 5.91 Å². The van der Waals surface area contributed by atoms with Crippen LogP contribution in [0.2, 0.25) is 0 Å². The van der Waals surface area contributed by atoms with Gasteiger partial charge in [0, 0.05) is 18.2 Å². The van der Waals surface area contributed by atoms with E-state index >= 15 is 0 Å². The highest BCUT2D eigenvalue weighted by molar-refractivity contribution is 5.91. The summed E-state index contributed by atoms with van der Waals surface area (Å²) >= 11 is 0. The van der Waals surface area contributed by atoms with E-state index in [1.807, 2.05) is 60.7 Å². The minimum atomic E-state index is -0.544. The lowest BCUT2D eigenvalue weighted by Crippen LogP contribution is -2.36. The molecule has 0 bridgehead atoms. The maximum atomic E-state index is 12.8. The zero-order valence-corrected chi connectivity index (χ0v) is 15.3. The lowest BCUT2D eigenvalue weighted by Gasteiger charge is -2.13. The molecule has 1 N–H and O–H groups in total. The molecule has 1 aliphatic rings. The van der Waals surface area contributed by atoms with Crippen molar-refractivity contribution in [1.82, 2.24) is 10.5 Å². The van der Waals surface area contributed by atoms with Crippen LogP contribution in [0.4, 0.5) is 0 Å². The monoisotopic (exact) mass is 362 g/mol. The minimum absolute atomic E-state index is 0.0188. The molecule has 4 rings (SSSR count). The Morgan fingerprint density at radius 3 is 2.63 bits per heavy atom. The molecule has 27 heavy (non-hydrogen) atoms. The van der Waals surface area contributed by atoms with Crippen LogP contribution in [0.5, 0.6) is 5.75 Å². The summed E-state index contributed by atoms with van der Waals surface area (Å²) in [4.78, 5) is 12.8. The van der Waals surface area contributed by atoms with Gasteiger partial charge < -0.3 is 14.6 Å². The molecule has 1 amide bonds. The van der Waals surface area contributed by atoms with Gasteiger partial charge >= 0.3 is 0 Å². The quantitative estimate of drug-likeness (QED) is 0.695. The number of hydrogen-bond acceptors (Lipinski definition) is 4. The molecule has 1 fully saturated rings. The highest BCUT2D eigenvalue weighted by Gasteiger charge is 2.53. The van der Waals surface area contributed by atoms with Crippen molar-refractivity contribution in [3.63, 3.8) is 0 Å². The molecule has 0 unspecified atom stereocenters. The number of nitrogens with zero attached hydrogens (tertiary/aromatic N) is 1. The third-order valence-electron chi connectivity index (χ3n) is 5.12. The van der Waals surface area contributed by atoms with Crippen LogP contribution >= 0.6 is 0 Å². The molecule has 0 aliphatic heterocycles. The van der Waals surface area contributed by atoms with E-state index < -0.39 is 5.41 Å². The SMILES string of the molecule is COc1ccccc1CCNC(=O)C1(c2cc(-c3ccccc3)on2)CC1. The fraction of sp³-hybridized carbons (Fsp3) is 0.273. The number of benzene rings is 2. The van der Waals surface area contributed by atoms with E-state index in [1.165, 1.54) is 0 Å². The van der Waals surface area contributed by atoms with E-state index in [2.05, 4.69) is 10.5 Å². The van der Waals surface area contributed by atoms with Gasteiger partial charge in [0.1, 0.15) is 5.75 Å². The molecule has 1 aromatic heterocycles. The molecule has 1 saturated carbocycles. The molecule has 0 saturated heterocycles. The number of rotatable bonds is 7. The number of ether oxygens (including phenoxy) is 1. The summed E-state index contributed by atoms with van der Waals surface area (Å²) < 4.78 is 10.8. The van der Waals surface area contributed by atoms with Gasteiger partial charge in [-0.05, 0) is 30.9 Å². The number of para-hydroxylation sites is 1. The van der Waals surface area contributed by atoms with Crippen molar-refractivity contribution in [2.75, 3.05) is 13.7 Å². The Labute approximate surface area is 158 Å². The van der Waals surface area contributed by atoms with Crippen molar-refractivity contribution in [2.24, 2.45) is 0 Å². The van der Waals surface area contributed by atoms with E-state index in [0.29, 0.717) is 12.3 Å². The van der Waals surface area contributed by atoms with Crippen molar-refractivity contribution < 1.29 is 14.1 Å². The molecule has 138 valence electrons. The Hall–Kier alpha value is -3.08. The molecule has 1 heterocycles. The van der Waals surface area contributed by atoms with Crippen LogP contribution in [0, 0.1) is 0 Å². The fourth-order valence-electron chi connectivity index (χ4n) is 3.35. The fourth-order valence-corrected chi connectivity index (χ4v) is 3.35. The van der Waals surface area contributed by atoms with Crippen LogP contribution < -0.4 is 10.1 Å². The summed E-state index contributed by atoms with van der Waals surface area (Å²) in [6.45, 7) is 0.560. The Bertz CT molecular complexity index is 929. The van der Waals surface area contributed by atoms with Crippen LogP contribution in [-0.4, -0.2) is 24.7 Å². The zero-order valence-electron chi connectivity index (χ0n) is 15.3. The standard InChI is InChI=1S/C22H22N2O3/c1-26-18-10-6-5-9-17(18)11-14-23-21(25)22(12-13-22)20-15-19(27-24-20)16-7-3-2-4-8-16/h2-10,15H,11-14H2,1H3,(H,23,25). The number of nitrogens with one attached hydrogen (secondary N) is 1. The second-order valence-corrected chi connectivity index (χ2v) is 6.84. The first-order chi connectivity index (χ1) is 13.2. The Morgan fingerprint density at radius 1 is 1.15 bits per heavy atom. The predicted octanol–water partition coefficient (Wildman–Crippen LogP) is 3.74. The maximum Gasteiger partial charge on any atom is 0.232 e. The largest absolute Gasteiger partial charge is 0.496 e. The molecule has 2 aromatic carbocycles. The molecule has 1 aliphatic carbocycles. The third kappa shape index (κ3) is 3.45. The van der Waals surface area contributed by atoms with Crippen LogP contribution in [0.25, 0.3) is 11.3 Å². The summed E-state index contributed by atoms with van der Waals surface area (Å²) in [7, 11) is 1.66. The average Bonchev–Trinajstić information content (AvgIpc) is 3.38. The van der Waals surface area contributed by atoms with Crippen molar-refractivity contribution in [2.45, 2.75) is 24.7 Å². The van der Waals surface area contributed by atoms with E-state index in [9.17, 15) is 4.79 Å². The third-order valence-corrected chi connectivity index (χ3v) is 5.12. The number of methoxy groups -OCH3 is 1. The Kier molecular flexibility index (Phi) is 4.67. The van der Waals surface area contributed by atoms with E-state index in [4.69, 9.17) is 9.26 Å². The van der Waals surface area contributed by atoms with Gasteiger partial charge in [-0.25, -0.2) is 0 Å². The second kappa shape index (κ2) is 7.27. The Morgan fingerprint density at radius 2 is 1.89 bits per heavy atom. The van der Waals surface area contributed by atoms with Gasteiger partial charge in [0.15, 0.2) is 5.76 Å². The topological polar surface area (TPSA) is 64.4 Å². The Balaban J connectivity index is 1.41. The van der Waals surface area contributed by atoms with Crippen molar-refractivity contribution in [1.29, 1.82) is 0 Å². The molecule has 0 radical (unpaired) electrons. The molecule has 5 nitrogen and oxygen atoms in total. The van der Waals surface area contributed by atoms with E-state index in [0.717, 1.165) is 41.8 Å². The molecule has 0 spiro atoms. The van der Waals surface area contributed by atoms with Crippen molar-refractivity contribution in [3.8, 4) is 17.1 Å². The van der Waals surface area contributed by atoms with Gasteiger partial charge in [-0.3, -0.25) is 4.79 Å². The number of hydrogen-bond donors (Lipinski definition) is 1. The van der Waals surface area contributed by atoms with E-state index in [-0.39, 0.29) is 5.91 Å². The highest BCUT2D eigenvalue weighted by Crippen LogP contribution is 2.48. The van der Waals surface area contributed by atoms with E-state index in [1.54, 1.807) is 7.11 Å². The zero-order chi connectivity index (χ0) is 18.7. The van der Waals surface area contributed by atoms with Crippen molar-refractivity contribution in [3.05, 3.63) is 71.9 Å². The first-order valence-electron chi connectivity index (χ1n) is 9.16. The smallest absolute Gasteiger partial charge is 0.232 e. The minimum Gasteiger partial charge on any atom is -0.496 e. The number of carbonyl (C=O) groups is 1.